The Labute approximate surface area is 91.1 Å². The SMILES string of the molecule is N#CC(=Cc1ccc2c(c1)OCO2)C(=O)O. The summed E-state index contributed by atoms with van der Waals surface area (Å²) in [5.41, 5.74) is 0.266. The molecule has 0 aliphatic carbocycles. The molecule has 0 saturated carbocycles. The Balaban J connectivity index is 2.36. The average Bonchev–Trinajstić information content (AvgIpc) is 2.72. The van der Waals surface area contributed by atoms with Gasteiger partial charge in [-0.2, -0.15) is 5.26 Å². The molecule has 1 aliphatic rings. The fourth-order valence-electron chi connectivity index (χ4n) is 1.31. The molecule has 0 aromatic heterocycles. The topological polar surface area (TPSA) is 79.5 Å². The molecule has 0 amide bonds. The zero-order valence-electron chi connectivity index (χ0n) is 8.14. The Morgan fingerprint density at radius 1 is 1.44 bits per heavy atom. The van der Waals surface area contributed by atoms with E-state index >= 15 is 0 Å². The normalized spacial score (nSPS) is 13.3. The maximum atomic E-state index is 10.6. The first kappa shape index (κ1) is 10.1. The Kier molecular flexibility index (Phi) is 2.48. The molecule has 16 heavy (non-hydrogen) atoms. The van der Waals surface area contributed by atoms with Gasteiger partial charge < -0.3 is 14.6 Å². The number of fused-ring (bicyclic) bond motifs is 1. The van der Waals surface area contributed by atoms with Crippen LogP contribution in [0.1, 0.15) is 5.56 Å². The molecule has 0 spiro atoms. The third-order valence-corrected chi connectivity index (χ3v) is 2.06. The molecule has 0 unspecified atom stereocenters. The van der Waals surface area contributed by atoms with Gasteiger partial charge in [-0.15, -0.1) is 0 Å². The number of carboxylic acid groups (broad SMARTS) is 1. The molecule has 5 heteroatoms. The van der Waals surface area contributed by atoms with Gasteiger partial charge in [0, 0.05) is 0 Å². The predicted molar refractivity (Wildman–Crippen MR) is 53.8 cm³/mol. The number of aliphatic carboxylic acids is 1. The molecule has 1 heterocycles. The Hall–Kier alpha value is -2.48. The highest BCUT2D eigenvalue weighted by Crippen LogP contribution is 2.32. The number of nitrogens with zero attached hydrogens (tertiary/aromatic N) is 1. The van der Waals surface area contributed by atoms with E-state index in [1.54, 1.807) is 24.3 Å². The highest BCUT2D eigenvalue weighted by Gasteiger charge is 2.13. The predicted octanol–water partition coefficient (Wildman–Crippen LogP) is 1.41. The van der Waals surface area contributed by atoms with Crippen molar-refractivity contribution >= 4 is 12.0 Å². The number of carbonyl (C=O) groups is 1. The maximum absolute atomic E-state index is 10.6. The molecular weight excluding hydrogens is 210 g/mol. The second kappa shape index (κ2) is 3.95. The van der Waals surface area contributed by atoms with E-state index in [1.165, 1.54) is 6.08 Å². The van der Waals surface area contributed by atoms with Gasteiger partial charge >= 0.3 is 5.97 Å². The molecular formula is C11H7NO4. The van der Waals surface area contributed by atoms with Crippen LogP contribution in [-0.4, -0.2) is 17.9 Å². The lowest BCUT2D eigenvalue weighted by Crippen LogP contribution is -1.97. The molecule has 0 bridgehead atoms. The van der Waals surface area contributed by atoms with Crippen molar-refractivity contribution in [2.75, 3.05) is 6.79 Å². The number of benzene rings is 1. The zero-order chi connectivity index (χ0) is 11.5. The zero-order valence-corrected chi connectivity index (χ0v) is 8.14. The maximum Gasteiger partial charge on any atom is 0.346 e. The second-order valence-corrected chi connectivity index (χ2v) is 3.09. The Bertz CT molecular complexity index is 513. The van der Waals surface area contributed by atoms with Gasteiger partial charge in [0.15, 0.2) is 11.5 Å². The van der Waals surface area contributed by atoms with Crippen LogP contribution in [0.4, 0.5) is 0 Å². The summed E-state index contributed by atoms with van der Waals surface area (Å²) in [6, 6.07) is 6.57. The van der Waals surface area contributed by atoms with Crippen molar-refractivity contribution in [3.8, 4) is 17.6 Å². The van der Waals surface area contributed by atoms with E-state index in [2.05, 4.69) is 0 Å². The van der Waals surface area contributed by atoms with Crippen LogP contribution >= 0.6 is 0 Å². The largest absolute Gasteiger partial charge is 0.477 e. The van der Waals surface area contributed by atoms with Gasteiger partial charge in [-0.1, -0.05) is 6.07 Å². The molecule has 2 rings (SSSR count). The van der Waals surface area contributed by atoms with Gasteiger partial charge in [0.25, 0.3) is 0 Å². The fraction of sp³-hybridized carbons (Fsp3) is 0.0909. The van der Waals surface area contributed by atoms with E-state index < -0.39 is 5.97 Å². The van der Waals surface area contributed by atoms with E-state index in [-0.39, 0.29) is 12.4 Å². The summed E-state index contributed by atoms with van der Waals surface area (Å²) >= 11 is 0. The molecule has 5 nitrogen and oxygen atoms in total. The quantitative estimate of drug-likeness (QED) is 0.598. The number of hydrogen-bond donors (Lipinski definition) is 1. The molecule has 1 aromatic carbocycles. The Morgan fingerprint density at radius 3 is 2.88 bits per heavy atom. The molecule has 0 radical (unpaired) electrons. The van der Waals surface area contributed by atoms with Crippen LogP contribution in [-0.2, 0) is 4.79 Å². The number of carboxylic acids is 1. The molecule has 1 aliphatic heterocycles. The number of hydrogen-bond acceptors (Lipinski definition) is 4. The summed E-state index contributed by atoms with van der Waals surface area (Å²) in [4.78, 5) is 10.6. The summed E-state index contributed by atoms with van der Waals surface area (Å²) < 4.78 is 10.2. The van der Waals surface area contributed by atoms with Gasteiger partial charge in [-0.3, -0.25) is 0 Å². The van der Waals surface area contributed by atoms with E-state index in [0.29, 0.717) is 17.1 Å². The van der Waals surface area contributed by atoms with E-state index in [4.69, 9.17) is 19.8 Å². The first-order valence-electron chi connectivity index (χ1n) is 4.45. The summed E-state index contributed by atoms with van der Waals surface area (Å²) in [7, 11) is 0. The van der Waals surface area contributed by atoms with Crippen molar-refractivity contribution in [2.45, 2.75) is 0 Å². The molecule has 80 valence electrons. The lowest BCUT2D eigenvalue weighted by molar-refractivity contribution is -0.132. The third-order valence-electron chi connectivity index (χ3n) is 2.06. The highest BCUT2D eigenvalue weighted by molar-refractivity contribution is 5.96. The van der Waals surface area contributed by atoms with Crippen LogP contribution < -0.4 is 9.47 Å². The van der Waals surface area contributed by atoms with Gasteiger partial charge in [0.1, 0.15) is 11.6 Å². The molecule has 0 atom stereocenters. The van der Waals surface area contributed by atoms with Crippen LogP contribution in [0.25, 0.3) is 6.08 Å². The van der Waals surface area contributed by atoms with E-state index in [0.717, 1.165) is 0 Å². The summed E-state index contributed by atoms with van der Waals surface area (Å²) in [5.74, 6) is -0.0809. The first-order chi connectivity index (χ1) is 7.70. The number of rotatable bonds is 2. The van der Waals surface area contributed by atoms with Crippen LogP contribution in [0.5, 0.6) is 11.5 Å². The minimum absolute atomic E-state index is 0.159. The third kappa shape index (κ3) is 1.81. The van der Waals surface area contributed by atoms with Crippen molar-refractivity contribution in [3.63, 3.8) is 0 Å². The van der Waals surface area contributed by atoms with Crippen molar-refractivity contribution < 1.29 is 19.4 Å². The van der Waals surface area contributed by atoms with Crippen LogP contribution in [0.15, 0.2) is 23.8 Å². The van der Waals surface area contributed by atoms with Gasteiger partial charge in [-0.25, -0.2) is 4.79 Å². The second-order valence-electron chi connectivity index (χ2n) is 3.09. The van der Waals surface area contributed by atoms with Crippen LogP contribution in [0.2, 0.25) is 0 Å². The molecule has 1 N–H and O–H groups in total. The minimum Gasteiger partial charge on any atom is -0.477 e. The Morgan fingerprint density at radius 2 is 2.19 bits per heavy atom. The fourth-order valence-corrected chi connectivity index (χ4v) is 1.31. The standard InChI is InChI=1S/C11H7NO4/c12-5-8(11(13)14)3-7-1-2-9-10(4-7)16-6-15-9/h1-4H,6H2,(H,13,14). The number of ether oxygens (including phenoxy) is 2. The molecule has 0 saturated heterocycles. The lowest BCUT2D eigenvalue weighted by atomic mass is 10.1. The highest BCUT2D eigenvalue weighted by atomic mass is 16.7. The average molecular weight is 217 g/mol. The number of nitriles is 1. The summed E-state index contributed by atoms with van der Waals surface area (Å²) in [6.45, 7) is 0.159. The smallest absolute Gasteiger partial charge is 0.346 e. The van der Waals surface area contributed by atoms with Gasteiger partial charge in [-0.05, 0) is 23.8 Å². The molecule has 0 fully saturated rings. The summed E-state index contributed by atoms with van der Waals surface area (Å²) in [5, 5.41) is 17.3. The van der Waals surface area contributed by atoms with Gasteiger partial charge in [0.05, 0.1) is 0 Å². The van der Waals surface area contributed by atoms with Crippen molar-refractivity contribution in [3.05, 3.63) is 29.3 Å². The van der Waals surface area contributed by atoms with Crippen LogP contribution in [0.3, 0.4) is 0 Å². The summed E-state index contributed by atoms with van der Waals surface area (Å²) in [6.07, 6.45) is 1.28. The van der Waals surface area contributed by atoms with Crippen molar-refractivity contribution in [1.82, 2.24) is 0 Å². The lowest BCUT2D eigenvalue weighted by Gasteiger charge is -1.97. The minimum atomic E-state index is -1.25. The van der Waals surface area contributed by atoms with Gasteiger partial charge in [0.2, 0.25) is 6.79 Å². The molecule has 1 aromatic rings. The van der Waals surface area contributed by atoms with E-state index in [1.807, 2.05) is 0 Å². The van der Waals surface area contributed by atoms with Crippen molar-refractivity contribution in [1.29, 1.82) is 5.26 Å². The van der Waals surface area contributed by atoms with Crippen LogP contribution in [0, 0.1) is 11.3 Å². The van der Waals surface area contributed by atoms with Crippen molar-refractivity contribution in [2.24, 2.45) is 0 Å². The monoisotopic (exact) mass is 217 g/mol. The van der Waals surface area contributed by atoms with E-state index in [9.17, 15) is 4.79 Å². The first-order valence-corrected chi connectivity index (χ1v) is 4.45.